The van der Waals surface area contributed by atoms with Crippen molar-refractivity contribution in [2.45, 2.75) is 31.3 Å². The molecule has 2 aliphatic rings. The minimum Gasteiger partial charge on any atom is -0.370 e. The predicted octanol–water partition coefficient (Wildman–Crippen LogP) is 4.81. The van der Waals surface area contributed by atoms with Crippen LogP contribution in [0.1, 0.15) is 42.7 Å². The number of carbonyl (C=O) groups excluding carboxylic acids is 1. The lowest BCUT2D eigenvalue weighted by Gasteiger charge is -2.06. The summed E-state index contributed by atoms with van der Waals surface area (Å²) < 4.78 is 5.69. The SMILES string of the molecule is O=C(Nc1ccc2nc(C3CCCO3)[nH]c2c1)C1CC1c1ccccc1Cl. The Labute approximate surface area is 162 Å². The predicted molar refractivity (Wildman–Crippen MR) is 105 cm³/mol. The van der Waals surface area contributed by atoms with E-state index in [0.717, 1.165) is 59.0 Å². The zero-order chi connectivity index (χ0) is 18.4. The molecule has 2 heterocycles. The largest absolute Gasteiger partial charge is 0.370 e. The molecule has 3 aromatic rings. The third-order valence-electron chi connectivity index (χ3n) is 5.43. The van der Waals surface area contributed by atoms with E-state index in [1.165, 1.54) is 0 Å². The van der Waals surface area contributed by atoms with Gasteiger partial charge in [-0.1, -0.05) is 29.8 Å². The number of halogens is 1. The number of imidazole rings is 1. The molecular weight excluding hydrogens is 362 g/mol. The highest BCUT2D eigenvalue weighted by atomic mass is 35.5. The molecule has 27 heavy (non-hydrogen) atoms. The Kier molecular flexibility index (Phi) is 4.14. The average molecular weight is 382 g/mol. The fourth-order valence-corrected chi connectivity index (χ4v) is 4.17. The van der Waals surface area contributed by atoms with Crippen LogP contribution in [-0.2, 0) is 9.53 Å². The lowest BCUT2D eigenvalue weighted by molar-refractivity contribution is -0.117. The van der Waals surface area contributed by atoms with Gasteiger partial charge in [0.15, 0.2) is 0 Å². The number of ether oxygens (including phenoxy) is 1. The Hall–Kier alpha value is -2.37. The molecule has 1 amide bonds. The van der Waals surface area contributed by atoms with Crippen molar-refractivity contribution >= 4 is 34.2 Å². The molecule has 2 aromatic carbocycles. The summed E-state index contributed by atoms with van der Waals surface area (Å²) in [5, 5.41) is 3.77. The number of fused-ring (bicyclic) bond motifs is 1. The van der Waals surface area contributed by atoms with Crippen molar-refractivity contribution < 1.29 is 9.53 Å². The van der Waals surface area contributed by atoms with Crippen LogP contribution in [0.15, 0.2) is 42.5 Å². The Morgan fingerprint density at radius 2 is 2.15 bits per heavy atom. The van der Waals surface area contributed by atoms with Gasteiger partial charge in [0.2, 0.25) is 5.91 Å². The number of hydrogen-bond donors (Lipinski definition) is 2. The van der Waals surface area contributed by atoms with E-state index in [0.29, 0.717) is 0 Å². The van der Waals surface area contributed by atoms with Crippen LogP contribution in [0.4, 0.5) is 5.69 Å². The quantitative estimate of drug-likeness (QED) is 0.681. The molecule has 0 radical (unpaired) electrons. The van der Waals surface area contributed by atoms with Crippen LogP contribution in [0.25, 0.3) is 11.0 Å². The van der Waals surface area contributed by atoms with E-state index in [2.05, 4.69) is 15.3 Å². The summed E-state index contributed by atoms with van der Waals surface area (Å²) in [6, 6.07) is 13.5. The molecule has 1 aliphatic carbocycles. The lowest BCUT2D eigenvalue weighted by atomic mass is 10.1. The van der Waals surface area contributed by atoms with Crippen LogP contribution >= 0.6 is 11.6 Å². The summed E-state index contributed by atoms with van der Waals surface area (Å²) in [5.41, 5.74) is 3.64. The zero-order valence-electron chi connectivity index (χ0n) is 14.7. The molecule has 0 bridgehead atoms. The van der Waals surface area contributed by atoms with Crippen LogP contribution in [0.3, 0.4) is 0 Å². The van der Waals surface area contributed by atoms with E-state index in [1.54, 1.807) is 0 Å². The van der Waals surface area contributed by atoms with Crippen molar-refractivity contribution in [3.05, 3.63) is 58.9 Å². The molecule has 2 fully saturated rings. The van der Waals surface area contributed by atoms with E-state index in [4.69, 9.17) is 16.3 Å². The zero-order valence-corrected chi connectivity index (χ0v) is 15.5. The van der Waals surface area contributed by atoms with E-state index in [9.17, 15) is 4.79 Å². The van der Waals surface area contributed by atoms with Gasteiger partial charge < -0.3 is 15.0 Å². The minimum absolute atomic E-state index is 0.0233. The second-order valence-electron chi connectivity index (χ2n) is 7.32. The smallest absolute Gasteiger partial charge is 0.228 e. The highest BCUT2D eigenvalue weighted by Gasteiger charge is 2.44. The number of carbonyl (C=O) groups is 1. The van der Waals surface area contributed by atoms with Crippen LogP contribution < -0.4 is 5.32 Å². The van der Waals surface area contributed by atoms with E-state index < -0.39 is 0 Å². The molecule has 5 nitrogen and oxygen atoms in total. The first-order chi connectivity index (χ1) is 13.2. The van der Waals surface area contributed by atoms with Gasteiger partial charge in [-0.25, -0.2) is 4.98 Å². The number of benzene rings is 2. The number of H-pyrrole nitrogens is 1. The maximum absolute atomic E-state index is 12.6. The second kappa shape index (κ2) is 6.66. The lowest BCUT2D eigenvalue weighted by Crippen LogP contribution is -2.14. The van der Waals surface area contributed by atoms with Crippen LogP contribution in [-0.4, -0.2) is 22.5 Å². The van der Waals surface area contributed by atoms with Gasteiger partial charge in [-0.05, 0) is 55.0 Å². The number of amides is 1. The summed E-state index contributed by atoms with van der Waals surface area (Å²) in [4.78, 5) is 20.6. The normalized spacial score (nSPS) is 24.3. The molecule has 3 unspecified atom stereocenters. The summed E-state index contributed by atoms with van der Waals surface area (Å²) >= 11 is 6.26. The first kappa shape index (κ1) is 16.8. The van der Waals surface area contributed by atoms with Gasteiger partial charge in [0.05, 0.1) is 11.0 Å². The van der Waals surface area contributed by atoms with E-state index >= 15 is 0 Å². The fraction of sp³-hybridized carbons (Fsp3) is 0.333. The molecule has 3 atom stereocenters. The van der Waals surface area contributed by atoms with Crippen molar-refractivity contribution in [3.8, 4) is 0 Å². The third-order valence-corrected chi connectivity index (χ3v) is 5.78. The maximum atomic E-state index is 12.6. The first-order valence-corrected chi connectivity index (χ1v) is 9.73. The van der Waals surface area contributed by atoms with Crippen LogP contribution in [0.5, 0.6) is 0 Å². The molecule has 138 valence electrons. The van der Waals surface area contributed by atoms with Crippen molar-refractivity contribution in [1.29, 1.82) is 0 Å². The summed E-state index contributed by atoms with van der Waals surface area (Å²) in [6.07, 6.45) is 2.95. The van der Waals surface area contributed by atoms with Crippen molar-refractivity contribution in [2.75, 3.05) is 11.9 Å². The van der Waals surface area contributed by atoms with Crippen LogP contribution in [0.2, 0.25) is 5.02 Å². The molecule has 1 aliphatic heterocycles. The van der Waals surface area contributed by atoms with Gasteiger partial charge in [-0.2, -0.15) is 0 Å². The second-order valence-corrected chi connectivity index (χ2v) is 7.72. The first-order valence-electron chi connectivity index (χ1n) is 9.35. The Balaban J connectivity index is 1.30. The number of aromatic amines is 1. The van der Waals surface area contributed by atoms with Crippen molar-refractivity contribution in [1.82, 2.24) is 9.97 Å². The number of nitrogens with zero attached hydrogens (tertiary/aromatic N) is 1. The molecule has 6 heteroatoms. The Bertz CT molecular complexity index is 1010. The van der Waals surface area contributed by atoms with Gasteiger partial charge in [0.25, 0.3) is 0 Å². The van der Waals surface area contributed by atoms with Gasteiger partial charge in [-0.3, -0.25) is 4.79 Å². The molecule has 0 spiro atoms. The topological polar surface area (TPSA) is 67.0 Å². The summed E-state index contributed by atoms with van der Waals surface area (Å²) in [7, 11) is 0. The van der Waals surface area contributed by atoms with E-state index in [1.807, 2.05) is 42.5 Å². The molecule has 1 saturated carbocycles. The van der Waals surface area contributed by atoms with Gasteiger partial charge >= 0.3 is 0 Å². The van der Waals surface area contributed by atoms with Gasteiger partial charge in [-0.15, -0.1) is 0 Å². The number of nitrogens with one attached hydrogen (secondary N) is 2. The highest BCUT2D eigenvalue weighted by molar-refractivity contribution is 6.31. The molecule has 2 N–H and O–H groups in total. The van der Waals surface area contributed by atoms with Crippen molar-refractivity contribution in [2.24, 2.45) is 5.92 Å². The Morgan fingerprint density at radius 3 is 2.96 bits per heavy atom. The number of anilines is 1. The molecular formula is C21H20ClN3O2. The van der Waals surface area contributed by atoms with Gasteiger partial charge in [0.1, 0.15) is 11.9 Å². The summed E-state index contributed by atoms with van der Waals surface area (Å²) in [6.45, 7) is 0.789. The standard InChI is InChI=1S/C21H20ClN3O2/c22-16-5-2-1-4-13(16)14-11-15(14)21(26)23-12-7-8-17-18(10-12)25-20(24-17)19-6-3-9-27-19/h1-2,4-5,7-8,10,14-15,19H,3,6,9,11H2,(H,23,26)(H,24,25). The fourth-order valence-electron chi connectivity index (χ4n) is 3.89. The number of rotatable bonds is 4. The van der Waals surface area contributed by atoms with E-state index in [-0.39, 0.29) is 23.8 Å². The highest BCUT2D eigenvalue weighted by Crippen LogP contribution is 2.50. The average Bonchev–Trinajstić information content (AvgIpc) is 3.08. The maximum Gasteiger partial charge on any atom is 0.228 e. The van der Waals surface area contributed by atoms with Crippen LogP contribution in [0, 0.1) is 5.92 Å². The Morgan fingerprint density at radius 1 is 1.26 bits per heavy atom. The molecule has 5 rings (SSSR count). The van der Waals surface area contributed by atoms with Gasteiger partial charge in [0, 0.05) is 23.2 Å². The minimum atomic E-state index is -0.0233. The number of hydrogen-bond acceptors (Lipinski definition) is 3. The third kappa shape index (κ3) is 3.22. The monoisotopic (exact) mass is 381 g/mol. The summed E-state index contributed by atoms with van der Waals surface area (Å²) in [5.74, 6) is 1.09. The molecule has 1 aromatic heterocycles. The number of aromatic nitrogens is 2. The van der Waals surface area contributed by atoms with Crippen molar-refractivity contribution in [3.63, 3.8) is 0 Å². The molecule has 1 saturated heterocycles.